The number of hydrogen-bond donors (Lipinski definition) is 1. The predicted molar refractivity (Wildman–Crippen MR) is 85.4 cm³/mol. The van der Waals surface area contributed by atoms with Crippen LogP contribution in [0, 0.1) is 11.3 Å². The van der Waals surface area contributed by atoms with Gasteiger partial charge in [0, 0.05) is 12.6 Å². The van der Waals surface area contributed by atoms with Crippen LogP contribution in [0.4, 0.5) is 0 Å². The average Bonchev–Trinajstić information content (AvgIpc) is 2.39. The summed E-state index contributed by atoms with van der Waals surface area (Å²) in [4.78, 5) is 2.73. The maximum atomic E-state index is 5.92. The van der Waals surface area contributed by atoms with E-state index in [9.17, 15) is 0 Å². The average molecular weight is 268 g/mol. The molecule has 0 radical (unpaired) electrons. The van der Waals surface area contributed by atoms with Crippen LogP contribution in [0.5, 0.6) is 0 Å². The van der Waals surface area contributed by atoms with E-state index in [0.29, 0.717) is 0 Å². The van der Waals surface area contributed by atoms with Crippen molar-refractivity contribution in [1.82, 2.24) is 4.90 Å². The molecular weight excluding hydrogens is 232 g/mol. The molecule has 0 aromatic carbocycles. The molecule has 0 atom stereocenters. The van der Waals surface area contributed by atoms with E-state index in [-0.39, 0.29) is 5.41 Å². The van der Waals surface area contributed by atoms with Gasteiger partial charge in [-0.15, -0.1) is 0 Å². The molecule has 1 aliphatic rings. The van der Waals surface area contributed by atoms with Gasteiger partial charge in [-0.25, -0.2) is 0 Å². The second-order valence-corrected chi connectivity index (χ2v) is 7.30. The van der Waals surface area contributed by atoms with Crippen molar-refractivity contribution < 1.29 is 0 Å². The van der Waals surface area contributed by atoms with Crippen LogP contribution in [0.1, 0.15) is 72.6 Å². The molecular formula is C17H36N2. The SMILES string of the molecule is CCCC1CCC(N(CCC)CC(C)(C)CN)CC1. The quantitative estimate of drug-likeness (QED) is 0.720. The first-order valence-corrected chi connectivity index (χ1v) is 8.46. The summed E-state index contributed by atoms with van der Waals surface area (Å²) in [7, 11) is 0. The summed E-state index contributed by atoms with van der Waals surface area (Å²) in [6.07, 6.45) is 9.76. The maximum absolute atomic E-state index is 5.92. The van der Waals surface area contributed by atoms with Gasteiger partial charge in [-0.1, -0.05) is 40.5 Å². The minimum absolute atomic E-state index is 0.259. The Morgan fingerprint density at radius 3 is 2.16 bits per heavy atom. The maximum Gasteiger partial charge on any atom is 0.00956 e. The van der Waals surface area contributed by atoms with Gasteiger partial charge in [0.15, 0.2) is 0 Å². The zero-order chi connectivity index (χ0) is 14.3. The van der Waals surface area contributed by atoms with Gasteiger partial charge in [0.2, 0.25) is 0 Å². The Labute approximate surface area is 121 Å². The zero-order valence-electron chi connectivity index (χ0n) is 13.8. The fraction of sp³-hybridized carbons (Fsp3) is 1.00. The Bertz CT molecular complexity index is 229. The molecule has 2 heteroatoms. The molecule has 2 nitrogen and oxygen atoms in total. The van der Waals surface area contributed by atoms with Crippen molar-refractivity contribution in [2.75, 3.05) is 19.6 Å². The first-order valence-electron chi connectivity index (χ1n) is 8.46. The van der Waals surface area contributed by atoms with E-state index in [1.165, 1.54) is 58.0 Å². The summed E-state index contributed by atoms with van der Waals surface area (Å²) >= 11 is 0. The fourth-order valence-electron chi connectivity index (χ4n) is 3.50. The van der Waals surface area contributed by atoms with Crippen LogP contribution in [0.25, 0.3) is 0 Å². The molecule has 0 aliphatic heterocycles. The third-order valence-electron chi connectivity index (χ3n) is 4.72. The van der Waals surface area contributed by atoms with Crippen LogP contribution >= 0.6 is 0 Å². The number of hydrogen-bond acceptors (Lipinski definition) is 2. The van der Waals surface area contributed by atoms with E-state index in [1.54, 1.807) is 0 Å². The summed E-state index contributed by atoms with van der Waals surface area (Å²) < 4.78 is 0. The molecule has 0 aromatic heterocycles. The largest absolute Gasteiger partial charge is 0.330 e. The van der Waals surface area contributed by atoms with Gasteiger partial charge in [0.05, 0.1) is 0 Å². The molecule has 0 bridgehead atoms. The first kappa shape index (κ1) is 17.0. The highest BCUT2D eigenvalue weighted by Gasteiger charge is 2.28. The lowest BCUT2D eigenvalue weighted by atomic mass is 9.82. The van der Waals surface area contributed by atoms with Crippen molar-refractivity contribution in [3.05, 3.63) is 0 Å². The van der Waals surface area contributed by atoms with E-state index in [2.05, 4.69) is 32.6 Å². The summed E-state index contributed by atoms with van der Waals surface area (Å²) in [5, 5.41) is 0. The van der Waals surface area contributed by atoms with Crippen molar-refractivity contribution in [2.45, 2.75) is 78.7 Å². The van der Waals surface area contributed by atoms with Gasteiger partial charge >= 0.3 is 0 Å². The Kier molecular flexibility index (Phi) is 7.38. The summed E-state index contributed by atoms with van der Waals surface area (Å²) in [6.45, 7) is 12.4. The standard InChI is InChI=1S/C17H36N2/c1-5-7-15-8-10-16(11-9-15)19(12-6-2)14-17(3,4)13-18/h15-16H,5-14,18H2,1-4H3. The molecule has 0 saturated heterocycles. The number of nitrogens with two attached hydrogens (primary N) is 1. The Hall–Kier alpha value is -0.0800. The van der Waals surface area contributed by atoms with Crippen molar-refractivity contribution in [2.24, 2.45) is 17.1 Å². The van der Waals surface area contributed by atoms with E-state index < -0.39 is 0 Å². The van der Waals surface area contributed by atoms with Gasteiger partial charge in [-0.3, -0.25) is 4.90 Å². The molecule has 1 aliphatic carbocycles. The van der Waals surface area contributed by atoms with Crippen LogP contribution in [-0.2, 0) is 0 Å². The van der Waals surface area contributed by atoms with Crippen LogP contribution < -0.4 is 5.73 Å². The molecule has 114 valence electrons. The van der Waals surface area contributed by atoms with E-state index in [0.717, 1.165) is 18.5 Å². The van der Waals surface area contributed by atoms with Gasteiger partial charge in [-0.05, 0) is 56.5 Å². The summed E-state index contributed by atoms with van der Waals surface area (Å²) in [5.41, 5.74) is 6.17. The fourth-order valence-corrected chi connectivity index (χ4v) is 3.50. The predicted octanol–water partition coefficient (Wildman–Crippen LogP) is 4.04. The highest BCUT2D eigenvalue weighted by molar-refractivity contribution is 4.83. The highest BCUT2D eigenvalue weighted by Crippen LogP contribution is 2.31. The van der Waals surface area contributed by atoms with Gasteiger partial charge in [0.25, 0.3) is 0 Å². The molecule has 19 heavy (non-hydrogen) atoms. The Morgan fingerprint density at radius 1 is 1.05 bits per heavy atom. The summed E-state index contributed by atoms with van der Waals surface area (Å²) in [5.74, 6) is 1.01. The normalized spacial score (nSPS) is 24.9. The van der Waals surface area contributed by atoms with Crippen molar-refractivity contribution >= 4 is 0 Å². The molecule has 0 aromatic rings. The number of nitrogens with zero attached hydrogens (tertiary/aromatic N) is 1. The topological polar surface area (TPSA) is 29.3 Å². The van der Waals surface area contributed by atoms with Crippen LogP contribution in [-0.4, -0.2) is 30.6 Å². The Morgan fingerprint density at radius 2 is 1.68 bits per heavy atom. The van der Waals surface area contributed by atoms with Gasteiger partial charge < -0.3 is 5.73 Å². The summed E-state index contributed by atoms with van der Waals surface area (Å²) in [6, 6.07) is 0.818. The molecule has 0 spiro atoms. The second-order valence-electron chi connectivity index (χ2n) is 7.30. The number of rotatable bonds is 8. The molecule has 1 fully saturated rings. The third-order valence-corrected chi connectivity index (χ3v) is 4.72. The van der Waals surface area contributed by atoms with Crippen LogP contribution in [0.15, 0.2) is 0 Å². The molecule has 0 heterocycles. The molecule has 0 unspecified atom stereocenters. The third kappa shape index (κ3) is 5.83. The van der Waals surface area contributed by atoms with Crippen molar-refractivity contribution in [1.29, 1.82) is 0 Å². The van der Waals surface area contributed by atoms with Crippen LogP contribution in [0.3, 0.4) is 0 Å². The monoisotopic (exact) mass is 268 g/mol. The minimum Gasteiger partial charge on any atom is -0.330 e. The smallest absolute Gasteiger partial charge is 0.00956 e. The van der Waals surface area contributed by atoms with Gasteiger partial charge in [-0.2, -0.15) is 0 Å². The molecule has 0 amide bonds. The van der Waals surface area contributed by atoms with E-state index >= 15 is 0 Å². The molecule has 1 saturated carbocycles. The van der Waals surface area contributed by atoms with Gasteiger partial charge in [0.1, 0.15) is 0 Å². The Balaban J connectivity index is 2.49. The van der Waals surface area contributed by atoms with E-state index in [1.807, 2.05) is 0 Å². The van der Waals surface area contributed by atoms with Crippen LogP contribution in [0.2, 0.25) is 0 Å². The second kappa shape index (κ2) is 8.26. The minimum atomic E-state index is 0.259. The molecule has 1 rings (SSSR count). The lowest BCUT2D eigenvalue weighted by molar-refractivity contribution is 0.0931. The molecule has 2 N–H and O–H groups in total. The van der Waals surface area contributed by atoms with Crippen molar-refractivity contribution in [3.63, 3.8) is 0 Å². The van der Waals surface area contributed by atoms with E-state index in [4.69, 9.17) is 5.73 Å². The first-order chi connectivity index (χ1) is 9.02. The lowest BCUT2D eigenvalue weighted by Crippen LogP contribution is -2.45. The zero-order valence-corrected chi connectivity index (χ0v) is 13.8. The lowest BCUT2D eigenvalue weighted by Gasteiger charge is -2.40. The highest BCUT2D eigenvalue weighted by atomic mass is 15.2. The van der Waals surface area contributed by atoms with Crippen molar-refractivity contribution in [3.8, 4) is 0 Å².